The van der Waals surface area contributed by atoms with Crippen LogP contribution in [-0.2, 0) is 0 Å². The van der Waals surface area contributed by atoms with Crippen molar-refractivity contribution in [3.8, 4) is 6.07 Å². The summed E-state index contributed by atoms with van der Waals surface area (Å²) in [6.07, 6.45) is 0. The Bertz CT molecular complexity index is 469. The molecule has 2 atom stereocenters. The van der Waals surface area contributed by atoms with Crippen LogP contribution in [0, 0.1) is 17.2 Å². The Morgan fingerprint density at radius 2 is 2.16 bits per heavy atom. The molecule has 4 nitrogen and oxygen atoms in total. The maximum atomic E-state index is 9.64. The molecule has 0 saturated carbocycles. The van der Waals surface area contributed by atoms with E-state index >= 15 is 0 Å². The van der Waals surface area contributed by atoms with Crippen LogP contribution < -0.4 is 4.90 Å². The van der Waals surface area contributed by atoms with Gasteiger partial charge in [0.05, 0.1) is 24.3 Å². The predicted octanol–water partition coefficient (Wildman–Crippen LogP) is 1.31. The van der Waals surface area contributed by atoms with Crippen LogP contribution in [0.4, 0.5) is 5.69 Å². The fourth-order valence-corrected chi connectivity index (χ4v) is 2.83. The van der Waals surface area contributed by atoms with E-state index in [1.54, 1.807) is 0 Å². The van der Waals surface area contributed by atoms with Crippen molar-refractivity contribution in [1.29, 1.82) is 5.26 Å². The first-order valence-corrected chi connectivity index (χ1v) is 6.70. The summed E-state index contributed by atoms with van der Waals surface area (Å²) in [5.74, 6) is 0.535. The molecule has 2 unspecified atom stereocenters. The van der Waals surface area contributed by atoms with Crippen LogP contribution in [0.5, 0.6) is 0 Å². The molecule has 2 rings (SSSR count). The lowest BCUT2D eigenvalue weighted by atomic mass is 10.1. The first-order valence-electron chi connectivity index (χ1n) is 6.70. The molecule has 1 aliphatic rings. The van der Waals surface area contributed by atoms with Gasteiger partial charge in [0, 0.05) is 25.3 Å². The molecule has 1 aliphatic heterocycles. The van der Waals surface area contributed by atoms with E-state index in [1.807, 2.05) is 24.3 Å². The van der Waals surface area contributed by atoms with E-state index in [0.29, 0.717) is 11.5 Å². The molecule has 4 heteroatoms. The molecule has 0 spiro atoms. The number of nitrogens with zero attached hydrogens (tertiary/aromatic N) is 3. The highest BCUT2D eigenvalue weighted by atomic mass is 16.3. The third-order valence-electron chi connectivity index (χ3n) is 3.61. The van der Waals surface area contributed by atoms with Crippen LogP contribution in [0.1, 0.15) is 12.5 Å². The third-order valence-corrected chi connectivity index (χ3v) is 3.61. The summed E-state index contributed by atoms with van der Waals surface area (Å²) in [7, 11) is 2.09. The molecule has 0 aliphatic carbocycles. The normalized spacial score (nSPS) is 24.8. The number of aliphatic hydroxyl groups is 1. The van der Waals surface area contributed by atoms with Crippen molar-refractivity contribution in [1.82, 2.24) is 4.90 Å². The Kier molecular flexibility index (Phi) is 4.41. The van der Waals surface area contributed by atoms with Crippen molar-refractivity contribution in [3.05, 3.63) is 29.8 Å². The van der Waals surface area contributed by atoms with Gasteiger partial charge in [0.2, 0.25) is 0 Å². The van der Waals surface area contributed by atoms with Gasteiger partial charge in [-0.2, -0.15) is 5.26 Å². The van der Waals surface area contributed by atoms with Crippen LogP contribution in [0.3, 0.4) is 0 Å². The Hall–Kier alpha value is -1.57. The minimum Gasteiger partial charge on any atom is -0.394 e. The zero-order valence-electron chi connectivity index (χ0n) is 11.6. The summed E-state index contributed by atoms with van der Waals surface area (Å²) in [6, 6.07) is 9.90. The molecule has 0 aromatic heterocycles. The Morgan fingerprint density at radius 1 is 1.37 bits per heavy atom. The van der Waals surface area contributed by atoms with Crippen LogP contribution in [0.25, 0.3) is 0 Å². The van der Waals surface area contributed by atoms with E-state index in [0.717, 1.165) is 25.3 Å². The van der Waals surface area contributed by atoms with E-state index < -0.39 is 0 Å². The second kappa shape index (κ2) is 6.05. The molecule has 102 valence electrons. The molecule has 1 saturated heterocycles. The number of rotatable bonds is 2. The average Bonchev–Trinajstić information content (AvgIpc) is 2.56. The summed E-state index contributed by atoms with van der Waals surface area (Å²) >= 11 is 0. The van der Waals surface area contributed by atoms with Crippen molar-refractivity contribution in [2.24, 2.45) is 5.92 Å². The van der Waals surface area contributed by atoms with Gasteiger partial charge in [0.15, 0.2) is 0 Å². The molecular formula is C15H21N3O. The van der Waals surface area contributed by atoms with Crippen molar-refractivity contribution < 1.29 is 5.11 Å². The van der Waals surface area contributed by atoms with Gasteiger partial charge in [0.25, 0.3) is 0 Å². The zero-order chi connectivity index (χ0) is 13.8. The molecule has 19 heavy (non-hydrogen) atoms. The Balaban J connectivity index is 2.30. The maximum absolute atomic E-state index is 9.64. The molecule has 1 fully saturated rings. The molecule has 1 aromatic carbocycles. The Morgan fingerprint density at radius 3 is 2.84 bits per heavy atom. The summed E-state index contributed by atoms with van der Waals surface area (Å²) in [5.41, 5.74) is 1.69. The van der Waals surface area contributed by atoms with Gasteiger partial charge < -0.3 is 14.9 Å². The fourth-order valence-electron chi connectivity index (χ4n) is 2.83. The number of hydrogen-bond donors (Lipinski definition) is 1. The second-order valence-electron chi connectivity index (χ2n) is 5.48. The lowest BCUT2D eigenvalue weighted by Gasteiger charge is -2.32. The third kappa shape index (κ3) is 3.25. The van der Waals surface area contributed by atoms with Crippen LogP contribution >= 0.6 is 0 Å². The number of nitriles is 1. The largest absolute Gasteiger partial charge is 0.394 e. The maximum Gasteiger partial charge on any atom is 0.0992 e. The summed E-state index contributed by atoms with van der Waals surface area (Å²) in [4.78, 5) is 4.49. The van der Waals surface area contributed by atoms with Crippen molar-refractivity contribution in [2.45, 2.75) is 13.0 Å². The summed E-state index contributed by atoms with van der Waals surface area (Å²) in [5, 5.41) is 18.7. The van der Waals surface area contributed by atoms with E-state index in [1.165, 1.54) is 0 Å². The van der Waals surface area contributed by atoms with E-state index in [-0.39, 0.29) is 12.6 Å². The smallest absolute Gasteiger partial charge is 0.0992 e. The average molecular weight is 259 g/mol. The predicted molar refractivity (Wildman–Crippen MR) is 76.0 cm³/mol. The van der Waals surface area contributed by atoms with Gasteiger partial charge in [-0.3, -0.25) is 0 Å². The number of benzene rings is 1. The van der Waals surface area contributed by atoms with Gasteiger partial charge in [-0.25, -0.2) is 0 Å². The van der Waals surface area contributed by atoms with Crippen molar-refractivity contribution >= 4 is 5.69 Å². The van der Waals surface area contributed by atoms with Gasteiger partial charge in [0.1, 0.15) is 0 Å². The molecule has 1 aromatic rings. The van der Waals surface area contributed by atoms with Crippen molar-refractivity contribution in [3.63, 3.8) is 0 Å². The highest BCUT2D eigenvalue weighted by Crippen LogP contribution is 2.23. The minimum absolute atomic E-state index is 0.0869. The SMILES string of the molecule is CC1CN(C)CC(CO)N(c2cccc(C#N)c2)C1. The van der Waals surface area contributed by atoms with Gasteiger partial charge in [-0.05, 0) is 31.2 Å². The number of hydrogen-bond acceptors (Lipinski definition) is 4. The highest BCUT2D eigenvalue weighted by Gasteiger charge is 2.26. The molecular weight excluding hydrogens is 238 g/mol. The lowest BCUT2D eigenvalue weighted by Crippen LogP contribution is -2.43. The van der Waals surface area contributed by atoms with Gasteiger partial charge >= 0.3 is 0 Å². The first-order chi connectivity index (χ1) is 9.13. The number of likely N-dealkylation sites (N-methyl/N-ethyl adjacent to an activating group) is 1. The number of aliphatic hydroxyl groups excluding tert-OH is 1. The lowest BCUT2D eigenvalue weighted by molar-refractivity contribution is 0.226. The van der Waals surface area contributed by atoms with Gasteiger partial charge in [-0.15, -0.1) is 0 Å². The molecule has 0 bridgehead atoms. The topological polar surface area (TPSA) is 50.5 Å². The van der Waals surface area contributed by atoms with E-state index in [9.17, 15) is 5.11 Å². The second-order valence-corrected chi connectivity index (χ2v) is 5.48. The van der Waals surface area contributed by atoms with Crippen LogP contribution in [0.2, 0.25) is 0 Å². The molecule has 1 heterocycles. The molecule has 0 amide bonds. The standard InChI is InChI=1S/C15H21N3O/c1-12-8-17(2)10-15(11-19)18(9-12)14-5-3-4-13(6-14)7-16/h3-6,12,15,19H,8-11H2,1-2H3. The number of anilines is 1. The zero-order valence-corrected chi connectivity index (χ0v) is 11.6. The Labute approximate surface area is 114 Å². The van der Waals surface area contributed by atoms with Crippen LogP contribution in [-0.4, -0.2) is 49.3 Å². The first kappa shape index (κ1) is 13.9. The monoisotopic (exact) mass is 259 g/mol. The molecule has 0 radical (unpaired) electrons. The fraction of sp³-hybridized carbons (Fsp3) is 0.533. The quantitative estimate of drug-likeness (QED) is 0.870. The van der Waals surface area contributed by atoms with E-state index in [4.69, 9.17) is 5.26 Å². The van der Waals surface area contributed by atoms with Crippen LogP contribution in [0.15, 0.2) is 24.3 Å². The van der Waals surface area contributed by atoms with Crippen molar-refractivity contribution in [2.75, 3.05) is 38.2 Å². The molecule has 1 N–H and O–H groups in total. The minimum atomic E-state index is 0.0869. The summed E-state index contributed by atoms with van der Waals surface area (Å²) in [6.45, 7) is 5.14. The van der Waals surface area contributed by atoms with E-state index in [2.05, 4.69) is 29.8 Å². The van der Waals surface area contributed by atoms with Gasteiger partial charge in [-0.1, -0.05) is 13.0 Å². The highest BCUT2D eigenvalue weighted by molar-refractivity contribution is 5.52. The summed E-state index contributed by atoms with van der Waals surface area (Å²) < 4.78 is 0.